The van der Waals surface area contributed by atoms with Gasteiger partial charge in [0.1, 0.15) is 11.0 Å². The number of carbonyl (C=O) groups is 1. The molecule has 0 spiro atoms. The molecule has 4 heteroatoms. The smallest absolute Gasteiger partial charge is 0.248 e. The van der Waals surface area contributed by atoms with E-state index in [2.05, 4.69) is 16.9 Å². The van der Waals surface area contributed by atoms with Gasteiger partial charge in [-0.25, -0.2) is 4.98 Å². The standard InChI is InChI=1S/C8H7ClN2O/c1-2-8(12)11-7-5-3-4-6(9)10-7/h2-5H,1H2,(H,10,11,12). The maximum absolute atomic E-state index is 10.8. The molecule has 0 atom stereocenters. The third-order valence-corrected chi connectivity index (χ3v) is 1.36. The minimum Gasteiger partial charge on any atom is -0.307 e. The van der Waals surface area contributed by atoms with Gasteiger partial charge in [-0.3, -0.25) is 4.79 Å². The van der Waals surface area contributed by atoms with Crippen molar-refractivity contribution in [3.8, 4) is 0 Å². The van der Waals surface area contributed by atoms with Gasteiger partial charge in [-0.1, -0.05) is 24.2 Å². The fraction of sp³-hybridized carbons (Fsp3) is 0. The van der Waals surface area contributed by atoms with Crippen LogP contribution in [0.3, 0.4) is 0 Å². The molecule has 3 nitrogen and oxygen atoms in total. The van der Waals surface area contributed by atoms with Crippen molar-refractivity contribution in [2.45, 2.75) is 0 Å². The summed E-state index contributed by atoms with van der Waals surface area (Å²) in [6.07, 6.45) is 1.17. The van der Waals surface area contributed by atoms with Crippen LogP contribution in [0, 0.1) is 0 Å². The Balaban J connectivity index is 2.76. The van der Waals surface area contributed by atoms with E-state index in [1.807, 2.05) is 0 Å². The highest BCUT2D eigenvalue weighted by atomic mass is 35.5. The summed E-state index contributed by atoms with van der Waals surface area (Å²) in [6.45, 7) is 3.31. The quantitative estimate of drug-likeness (QED) is 0.561. The highest BCUT2D eigenvalue weighted by Gasteiger charge is 1.97. The normalized spacial score (nSPS) is 9.08. The Morgan fingerprint density at radius 1 is 1.67 bits per heavy atom. The Kier molecular flexibility index (Phi) is 2.82. The molecule has 0 aliphatic carbocycles. The lowest BCUT2D eigenvalue weighted by atomic mass is 10.4. The summed E-state index contributed by atoms with van der Waals surface area (Å²) in [5.41, 5.74) is 0. The number of anilines is 1. The number of nitrogens with one attached hydrogen (secondary N) is 1. The summed E-state index contributed by atoms with van der Waals surface area (Å²) in [5, 5.41) is 2.82. The summed E-state index contributed by atoms with van der Waals surface area (Å²) in [5.74, 6) is 0.122. The Hall–Kier alpha value is -1.35. The predicted octanol–water partition coefficient (Wildman–Crippen LogP) is 1.86. The number of carbonyl (C=O) groups excluding carboxylic acids is 1. The molecular weight excluding hydrogens is 176 g/mol. The van der Waals surface area contributed by atoms with Gasteiger partial charge < -0.3 is 5.32 Å². The van der Waals surface area contributed by atoms with E-state index in [4.69, 9.17) is 11.6 Å². The van der Waals surface area contributed by atoms with Gasteiger partial charge in [-0.2, -0.15) is 0 Å². The third kappa shape index (κ3) is 2.36. The number of aromatic nitrogens is 1. The lowest BCUT2D eigenvalue weighted by molar-refractivity contribution is -0.111. The van der Waals surface area contributed by atoms with Crippen LogP contribution in [0.5, 0.6) is 0 Å². The van der Waals surface area contributed by atoms with Crippen LogP contribution in [-0.2, 0) is 4.79 Å². The van der Waals surface area contributed by atoms with Crippen LogP contribution < -0.4 is 5.32 Å². The van der Waals surface area contributed by atoms with Gasteiger partial charge in [0.05, 0.1) is 0 Å². The number of nitrogens with zero attached hydrogens (tertiary/aromatic N) is 1. The summed E-state index contributed by atoms with van der Waals surface area (Å²) in [6, 6.07) is 4.98. The van der Waals surface area contributed by atoms with E-state index in [9.17, 15) is 4.79 Å². The first kappa shape index (κ1) is 8.74. The zero-order valence-corrected chi connectivity index (χ0v) is 7.01. The van der Waals surface area contributed by atoms with Gasteiger partial charge in [-0.05, 0) is 18.2 Å². The fourth-order valence-electron chi connectivity index (χ4n) is 0.655. The van der Waals surface area contributed by atoms with E-state index in [0.717, 1.165) is 0 Å². The topological polar surface area (TPSA) is 42.0 Å². The SMILES string of the molecule is C=CC(=O)Nc1cccc(Cl)n1. The minimum absolute atomic E-state index is 0.301. The third-order valence-electron chi connectivity index (χ3n) is 1.15. The van der Waals surface area contributed by atoms with Crippen molar-refractivity contribution in [2.24, 2.45) is 0 Å². The molecule has 1 rings (SSSR count). The molecule has 0 bridgehead atoms. The summed E-state index contributed by atoms with van der Waals surface area (Å²) >= 11 is 5.58. The summed E-state index contributed by atoms with van der Waals surface area (Å²) in [7, 11) is 0. The van der Waals surface area contributed by atoms with Gasteiger partial charge in [0, 0.05) is 0 Å². The largest absolute Gasteiger partial charge is 0.307 e. The molecule has 0 saturated carbocycles. The van der Waals surface area contributed by atoms with E-state index >= 15 is 0 Å². The van der Waals surface area contributed by atoms with Crippen LogP contribution in [0.1, 0.15) is 0 Å². The lowest BCUT2D eigenvalue weighted by Crippen LogP contribution is -2.08. The van der Waals surface area contributed by atoms with Crippen molar-refractivity contribution >= 4 is 23.3 Å². The van der Waals surface area contributed by atoms with Crippen molar-refractivity contribution in [1.82, 2.24) is 4.98 Å². The Labute approximate surface area is 75.1 Å². The van der Waals surface area contributed by atoms with Crippen molar-refractivity contribution in [2.75, 3.05) is 5.32 Å². The molecule has 0 aromatic carbocycles. The van der Waals surface area contributed by atoms with Gasteiger partial charge in [0.15, 0.2) is 0 Å². The first-order valence-corrected chi connectivity index (χ1v) is 3.66. The monoisotopic (exact) mass is 182 g/mol. The molecule has 0 aliphatic heterocycles. The molecule has 0 fully saturated rings. The van der Waals surface area contributed by atoms with Gasteiger partial charge in [0.25, 0.3) is 0 Å². The number of amides is 1. The predicted molar refractivity (Wildman–Crippen MR) is 48.1 cm³/mol. The van der Waals surface area contributed by atoms with Crippen molar-refractivity contribution in [1.29, 1.82) is 0 Å². The number of hydrogen-bond acceptors (Lipinski definition) is 2. The number of hydrogen-bond donors (Lipinski definition) is 1. The number of rotatable bonds is 2. The highest BCUT2D eigenvalue weighted by Crippen LogP contribution is 2.08. The Morgan fingerprint density at radius 2 is 2.42 bits per heavy atom. The second-order valence-electron chi connectivity index (χ2n) is 2.04. The van der Waals surface area contributed by atoms with Crippen LogP contribution in [-0.4, -0.2) is 10.9 Å². The molecule has 1 heterocycles. The van der Waals surface area contributed by atoms with Gasteiger partial charge >= 0.3 is 0 Å². The van der Waals surface area contributed by atoms with E-state index in [1.165, 1.54) is 6.08 Å². The van der Waals surface area contributed by atoms with Crippen molar-refractivity contribution < 1.29 is 4.79 Å². The Bertz CT molecular complexity index is 312. The molecule has 1 N–H and O–H groups in total. The van der Waals surface area contributed by atoms with Gasteiger partial charge in [-0.15, -0.1) is 0 Å². The maximum Gasteiger partial charge on any atom is 0.248 e. The zero-order valence-electron chi connectivity index (χ0n) is 6.25. The molecule has 0 saturated heterocycles. The van der Waals surface area contributed by atoms with Crippen molar-refractivity contribution in [3.63, 3.8) is 0 Å². The van der Waals surface area contributed by atoms with Crippen molar-refractivity contribution in [3.05, 3.63) is 36.0 Å². The first-order valence-electron chi connectivity index (χ1n) is 3.28. The molecular formula is C8H7ClN2O. The molecule has 0 aliphatic rings. The second kappa shape index (κ2) is 3.88. The molecule has 1 aromatic heterocycles. The number of halogens is 1. The average molecular weight is 183 g/mol. The van der Waals surface area contributed by atoms with E-state index < -0.39 is 0 Å². The molecule has 1 aromatic rings. The summed E-state index contributed by atoms with van der Waals surface area (Å²) < 4.78 is 0. The average Bonchev–Trinajstić information content (AvgIpc) is 2.04. The molecule has 1 amide bonds. The second-order valence-corrected chi connectivity index (χ2v) is 2.43. The van der Waals surface area contributed by atoms with Crippen LogP contribution in [0.25, 0.3) is 0 Å². The van der Waals surface area contributed by atoms with Crippen LogP contribution >= 0.6 is 11.6 Å². The van der Waals surface area contributed by atoms with E-state index in [1.54, 1.807) is 18.2 Å². The number of pyridine rings is 1. The first-order chi connectivity index (χ1) is 5.72. The molecule has 0 radical (unpaired) electrons. The lowest BCUT2D eigenvalue weighted by Gasteiger charge is -1.99. The molecule has 62 valence electrons. The Morgan fingerprint density at radius 3 is 3.00 bits per heavy atom. The van der Waals surface area contributed by atoms with E-state index in [-0.39, 0.29) is 5.91 Å². The zero-order chi connectivity index (χ0) is 8.97. The van der Waals surface area contributed by atoms with Crippen LogP contribution in [0.2, 0.25) is 5.15 Å². The van der Waals surface area contributed by atoms with Crippen LogP contribution in [0.15, 0.2) is 30.9 Å². The highest BCUT2D eigenvalue weighted by molar-refractivity contribution is 6.29. The molecule has 12 heavy (non-hydrogen) atoms. The fourth-order valence-corrected chi connectivity index (χ4v) is 0.819. The maximum atomic E-state index is 10.8. The summed E-state index contributed by atoms with van der Waals surface area (Å²) in [4.78, 5) is 14.6. The van der Waals surface area contributed by atoms with E-state index in [0.29, 0.717) is 11.0 Å². The van der Waals surface area contributed by atoms with Gasteiger partial charge in [0.2, 0.25) is 5.91 Å². The minimum atomic E-state index is -0.301. The van der Waals surface area contributed by atoms with Crippen LogP contribution in [0.4, 0.5) is 5.82 Å². The molecule has 0 unspecified atom stereocenters.